The Kier molecular flexibility index (Phi) is 7.20. The van der Waals surface area contributed by atoms with Crippen molar-refractivity contribution in [1.82, 2.24) is 4.90 Å². The predicted molar refractivity (Wildman–Crippen MR) is 143 cm³/mol. The highest BCUT2D eigenvalue weighted by Gasteiger charge is 2.54. The monoisotopic (exact) mass is 556 g/mol. The van der Waals surface area contributed by atoms with Gasteiger partial charge in [-0.1, -0.05) is 12.1 Å². The maximum Gasteiger partial charge on any atom is 0.416 e. The van der Waals surface area contributed by atoms with Crippen LogP contribution in [0.1, 0.15) is 40.4 Å². The SMILES string of the molecule is COc1cc(C(=O)N2CCC3(CC2)CN(c2ccc(C(F)(F)F)cc2)C3c2ccc(O)cc2)cc(OC)c1OC. The molecule has 2 aliphatic rings. The summed E-state index contributed by atoms with van der Waals surface area (Å²) in [5.74, 6) is 1.21. The Morgan fingerprint density at radius 3 is 1.98 bits per heavy atom. The molecule has 1 amide bonds. The van der Waals surface area contributed by atoms with Crippen molar-refractivity contribution in [2.75, 3.05) is 45.9 Å². The second kappa shape index (κ2) is 10.5. The van der Waals surface area contributed by atoms with E-state index >= 15 is 0 Å². The van der Waals surface area contributed by atoms with Gasteiger partial charge in [-0.25, -0.2) is 0 Å². The number of benzene rings is 3. The van der Waals surface area contributed by atoms with Gasteiger partial charge in [0.1, 0.15) is 5.75 Å². The number of halogens is 3. The minimum absolute atomic E-state index is 0.108. The molecule has 10 heteroatoms. The Morgan fingerprint density at radius 1 is 0.900 bits per heavy atom. The van der Waals surface area contributed by atoms with Crippen molar-refractivity contribution in [2.45, 2.75) is 25.1 Å². The van der Waals surface area contributed by atoms with Crippen LogP contribution in [0.2, 0.25) is 0 Å². The minimum Gasteiger partial charge on any atom is -0.508 e. The molecular weight excluding hydrogens is 525 g/mol. The number of hydrogen-bond acceptors (Lipinski definition) is 6. The average Bonchev–Trinajstić information content (AvgIpc) is 2.95. The highest BCUT2D eigenvalue weighted by Crippen LogP contribution is 2.56. The summed E-state index contributed by atoms with van der Waals surface area (Å²) in [5, 5.41) is 9.84. The normalized spacial score (nSPS) is 18.3. The third-order valence-electron chi connectivity index (χ3n) is 8.07. The first kappa shape index (κ1) is 27.5. The fourth-order valence-electron chi connectivity index (χ4n) is 5.98. The van der Waals surface area contributed by atoms with Crippen molar-refractivity contribution in [2.24, 2.45) is 5.41 Å². The first-order valence-electron chi connectivity index (χ1n) is 12.9. The van der Waals surface area contributed by atoms with E-state index in [-0.39, 0.29) is 23.1 Å². The first-order valence-corrected chi connectivity index (χ1v) is 12.9. The van der Waals surface area contributed by atoms with E-state index in [9.17, 15) is 23.1 Å². The Morgan fingerprint density at radius 2 is 1.48 bits per heavy atom. The third-order valence-corrected chi connectivity index (χ3v) is 8.07. The molecule has 2 aliphatic heterocycles. The molecule has 0 aliphatic carbocycles. The maximum absolute atomic E-state index is 13.5. The van der Waals surface area contributed by atoms with Crippen molar-refractivity contribution in [3.05, 3.63) is 77.4 Å². The molecule has 1 spiro atoms. The number of rotatable bonds is 6. The van der Waals surface area contributed by atoms with Crippen molar-refractivity contribution in [3.8, 4) is 23.0 Å². The van der Waals surface area contributed by atoms with E-state index in [1.165, 1.54) is 33.5 Å². The van der Waals surface area contributed by atoms with Crippen LogP contribution in [0.5, 0.6) is 23.0 Å². The first-order chi connectivity index (χ1) is 19.1. The molecule has 1 unspecified atom stereocenters. The van der Waals surface area contributed by atoms with Crippen LogP contribution < -0.4 is 19.1 Å². The topological polar surface area (TPSA) is 71.5 Å². The number of phenolic OH excluding ortho intramolecular Hbond substituents is 1. The van der Waals surface area contributed by atoms with Crippen LogP contribution in [-0.4, -0.2) is 56.9 Å². The lowest BCUT2D eigenvalue weighted by Crippen LogP contribution is -2.62. The molecule has 0 radical (unpaired) electrons. The van der Waals surface area contributed by atoms with Gasteiger partial charge < -0.3 is 29.1 Å². The Hall–Kier alpha value is -4.08. The van der Waals surface area contributed by atoms with E-state index in [1.807, 2.05) is 12.1 Å². The number of nitrogens with zero attached hydrogens (tertiary/aromatic N) is 2. The highest BCUT2D eigenvalue weighted by atomic mass is 19.4. The van der Waals surface area contributed by atoms with Gasteiger partial charge in [-0.05, 0) is 66.9 Å². The molecule has 1 atom stereocenters. The van der Waals surface area contributed by atoms with E-state index in [1.54, 1.807) is 29.2 Å². The Labute approximate surface area is 230 Å². The number of anilines is 1. The van der Waals surface area contributed by atoms with Crippen LogP contribution in [-0.2, 0) is 6.18 Å². The summed E-state index contributed by atoms with van der Waals surface area (Å²) in [7, 11) is 4.50. The number of hydrogen-bond donors (Lipinski definition) is 1. The molecule has 0 aromatic heterocycles. The molecule has 212 valence electrons. The average molecular weight is 557 g/mol. The van der Waals surface area contributed by atoms with Crippen molar-refractivity contribution in [1.29, 1.82) is 0 Å². The van der Waals surface area contributed by atoms with Gasteiger partial charge in [0.25, 0.3) is 5.91 Å². The smallest absolute Gasteiger partial charge is 0.416 e. The minimum atomic E-state index is -4.40. The van der Waals surface area contributed by atoms with Gasteiger partial charge in [-0.15, -0.1) is 0 Å². The van der Waals surface area contributed by atoms with Gasteiger partial charge >= 0.3 is 6.18 Å². The Balaban J connectivity index is 1.37. The number of piperidine rings is 1. The van der Waals surface area contributed by atoms with E-state index in [0.29, 0.717) is 61.0 Å². The van der Waals surface area contributed by atoms with Crippen LogP contribution in [0.4, 0.5) is 18.9 Å². The molecule has 3 aromatic carbocycles. The highest BCUT2D eigenvalue weighted by molar-refractivity contribution is 5.95. The summed E-state index contributed by atoms with van der Waals surface area (Å²) >= 11 is 0. The lowest BCUT2D eigenvalue weighted by molar-refractivity contribution is -0.137. The van der Waals surface area contributed by atoms with Gasteiger partial charge in [0.2, 0.25) is 5.75 Å². The maximum atomic E-state index is 13.5. The number of ether oxygens (including phenoxy) is 3. The zero-order chi connectivity index (χ0) is 28.7. The summed E-state index contributed by atoms with van der Waals surface area (Å²) in [5.41, 5.74) is 1.24. The molecule has 7 nitrogen and oxygen atoms in total. The third kappa shape index (κ3) is 4.87. The summed E-state index contributed by atoms with van der Waals surface area (Å²) < 4.78 is 55.6. The molecule has 40 heavy (non-hydrogen) atoms. The largest absolute Gasteiger partial charge is 0.508 e. The summed E-state index contributed by atoms with van der Waals surface area (Å²) in [6.45, 7) is 1.69. The molecule has 5 rings (SSSR count). The molecule has 2 saturated heterocycles. The molecule has 1 N–H and O–H groups in total. The van der Waals surface area contributed by atoms with E-state index in [4.69, 9.17) is 14.2 Å². The van der Waals surface area contributed by atoms with Gasteiger partial charge in [0, 0.05) is 36.3 Å². The van der Waals surface area contributed by atoms with Gasteiger partial charge in [0.05, 0.1) is 32.9 Å². The van der Waals surface area contributed by atoms with Crippen molar-refractivity contribution < 1.29 is 37.3 Å². The lowest BCUT2D eigenvalue weighted by atomic mass is 9.63. The number of carbonyl (C=O) groups excluding carboxylic acids is 1. The summed E-state index contributed by atoms with van der Waals surface area (Å²) in [6.07, 6.45) is -2.97. The van der Waals surface area contributed by atoms with Crippen LogP contribution >= 0.6 is 0 Å². The Bertz CT molecular complexity index is 1340. The number of methoxy groups -OCH3 is 3. The number of likely N-dealkylation sites (tertiary alicyclic amines) is 1. The fraction of sp³-hybridized carbons (Fsp3) is 0.367. The van der Waals surface area contributed by atoms with Crippen molar-refractivity contribution in [3.63, 3.8) is 0 Å². The summed E-state index contributed by atoms with van der Waals surface area (Å²) in [6, 6.07) is 15.3. The summed E-state index contributed by atoms with van der Waals surface area (Å²) in [4.78, 5) is 17.4. The van der Waals surface area contributed by atoms with Crippen LogP contribution in [0, 0.1) is 5.41 Å². The van der Waals surface area contributed by atoms with Crippen LogP contribution in [0.15, 0.2) is 60.7 Å². The quantitative estimate of drug-likeness (QED) is 0.407. The molecule has 2 heterocycles. The van der Waals surface area contributed by atoms with Crippen LogP contribution in [0.3, 0.4) is 0 Å². The van der Waals surface area contributed by atoms with E-state index in [2.05, 4.69) is 4.90 Å². The lowest BCUT2D eigenvalue weighted by Gasteiger charge is -2.61. The second-order valence-electron chi connectivity index (χ2n) is 10.2. The zero-order valence-corrected chi connectivity index (χ0v) is 22.5. The number of aromatic hydroxyl groups is 1. The molecule has 0 bridgehead atoms. The van der Waals surface area contributed by atoms with E-state index in [0.717, 1.165) is 17.7 Å². The predicted octanol–water partition coefficient (Wildman–Crippen LogP) is 5.92. The molecule has 0 saturated carbocycles. The van der Waals surface area contributed by atoms with E-state index < -0.39 is 11.7 Å². The number of amides is 1. The van der Waals surface area contributed by atoms with Gasteiger partial charge in [0.15, 0.2) is 11.5 Å². The van der Waals surface area contributed by atoms with Crippen LogP contribution in [0.25, 0.3) is 0 Å². The molecule has 2 fully saturated rings. The van der Waals surface area contributed by atoms with Gasteiger partial charge in [-0.2, -0.15) is 13.2 Å². The van der Waals surface area contributed by atoms with Crippen molar-refractivity contribution >= 4 is 11.6 Å². The zero-order valence-electron chi connectivity index (χ0n) is 22.5. The number of carbonyl (C=O) groups is 1. The molecular formula is C30H31F3N2O5. The van der Waals surface area contributed by atoms with Gasteiger partial charge in [-0.3, -0.25) is 4.79 Å². The number of phenols is 1. The fourth-order valence-corrected chi connectivity index (χ4v) is 5.98. The standard InChI is InChI=1S/C30H31F3N2O5/c1-38-24-16-20(17-25(39-2)26(24)40-3)28(37)34-14-12-29(13-15-34)18-35(27(29)19-4-10-23(36)11-5-19)22-8-6-21(7-9-22)30(31,32)33/h4-11,16-17,27,36H,12-15,18H2,1-3H3. The second-order valence-corrected chi connectivity index (χ2v) is 10.2. The number of alkyl halides is 3. The molecule has 3 aromatic rings.